The molecule has 0 saturated heterocycles. The van der Waals surface area contributed by atoms with Gasteiger partial charge < -0.3 is 14.2 Å². The van der Waals surface area contributed by atoms with E-state index in [-0.39, 0.29) is 22.8 Å². The Morgan fingerprint density at radius 1 is 0.913 bits per heavy atom. The van der Waals surface area contributed by atoms with Crippen molar-refractivity contribution < 1.29 is 23.8 Å². The molecule has 0 aliphatic carbocycles. The Kier molecular flexibility index (Phi) is 5.24. The average molecular weight is 335 g/mol. The monoisotopic (exact) mass is 334 g/mol. The van der Waals surface area contributed by atoms with Gasteiger partial charge in [-0.15, -0.1) is 0 Å². The number of ether oxygens (including phenoxy) is 3. The minimum atomic E-state index is -0.641. The van der Waals surface area contributed by atoms with E-state index in [1.54, 1.807) is 18.2 Å². The summed E-state index contributed by atoms with van der Waals surface area (Å²) in [4.78, 5) is 23.7. The van der Waals surface area contributed by atoms with Crippen molar-refractivity contribution in [3.63, 3.8) is 0 Å². The van der Waals surface area contributed by atoms with Crippen LogP contribution in [0.5, 0.6) is 17.2 Å². The third-order valence-corrected chi connectivity index (χ3v) is 3.39. The molecule has 2 aromatic carbocycles. The van der Waals surface area contributed by atoms with Crippen LogP contribution in [0.3, 0.4) is 0 Å². The molecular weight excluding hydrogens is 320 g/mol. The zero-order valence-electron chi connectivity index (χ0n) is 12.9. The lowest BCUT2D eigenvalue weighted by atomic mass is 10.1. The summed E-state index contributed by atoms with van der Waals surface area (Å²) < 4.78 is 15.6. The van der Waals surface area contributed by atoms with Crippen LogP contribution in [0.1, 0.15) is 27.6 Å². The number of methoxy groups -OCH3 is 2. The minimum absolute atomic E-state index is 0.113. The fourth-order valence-electron chi connectivity index (χ4n) is 1.97. The quantitative estimate of drug-likeness (QED) is 0.473. The fraction of sp³-hybridized carbons (Fsp3) is 0.176. The first-order valence-corrected chi connectivity index (χ1v) is 7.08. The van der Waals surface area contributed by atoms with Gasteiger partial charge in [0, 0.05) is 10.6 Å². The summed E-state index contributed by atoms with van der Waals surface area (Å²) >= 11 is 5.91. The maximum Gasteiger partial charge on any atom is 0.347 e. The molecule has 2 aromatic rings. The topological polar surface area (TPSA) is 61.8 Å². The van der Waals surface area contributed by atoms with Gasteiger partial charge in [0.1, 0.15) is 11.3 Å². The molecule has 0 atom stereocenters. The summed E-state index contributed by atoms with van der Waals surface area (Å²) in [6.07, 6.45) is 0. The highest BCUT2D eigenvalue weighted by molar-refractivity contribution is 6.31. The lowest BCUT2D eigenvalue weighted by Crippen LogP contribution is -2.11. The second-order valence-corrected chi connectivity index (χ2v) is 5.09. The Labute approximate surface area is 138 Å². The van der Waals surface area contributed by atoms with Gasteiger partial charge in [-0.1, -0.05) is 11.6 Å². The normalized spacial score (nSPS) is 10.1. The van der Waals surface area contributed by atoms with Crippen LogP contribution in [0.4, 0.5) is 0 Å². The number of Topliss-reactive ketones (excluding diaryl/α,β-unsaturated/α-hetero) is 1. The SMILES string of the molecule is COc1cc(C(C)=O)ccc1OC(=O)c1cc(Cl)ccc1OC. The van der Waals surface area contributed by atoms with E-state index in [4.69, 9.17) is 25.8 Å². The Bertz CT molecular complexity index is 755. The summed E-state index contributed by atoms with van der Waals surface area (Å²) in [5.74, 6) is 0.0752. The van der Waals surface area contributed by atoms with E-state index in [0.29, 0.717) is 16.3 Å². The summed E-state index contributed by atoms with van der Waals surface area (Å²) in [6, 6.07) is 9.22. The molecule has 120 valence electrons. The number of rotatable bonds is 5. The van der Waals surface area contributed by atoms with Crippen LogP contribution in [0.15, 0.2) is 36.4 Å². The molecule has 2 rings (SSSR count). The number of halogens is 1. The molecule has 0 aromatic heterocycles. The number of ketones is 1. The maximum atomic E-state index is 12.3. The number of benzene rings is 2. The third kappa shape index (κ3) is 3.81. The molecule has 0 bridgehead atoms. The molecule has 0 spiro atoms. The zero-order valence-corrected chi connectivity index (χ0v) is 13.6. The molecule has 0 saturated carbocycles. The highest BCUT2D eigenvalue weighted by atomic mass is 35.5. The van der Waals surface area contributed by atoms with Crippen LogP contribution in [-0.2, 0) is 0 Å². The molecule has 23 heavy (non-hydrogen) atoms. The summed E-state index contributed by atoms with van der Waals surface area (Å²) in [6.45, 7) is 1.44. The van der Waals surface area contributed by atoms with Gasteiger partial charge in [0.25, 0.3) is 0 Å². The van der Waals surface area contributed by atoms with Gasteiger partial charge in [0.15, 0.2) is 17.3 Å². The predicted molar refractivity (Wildman–Crippen MR) is 86.0 cm³/mol. The van der Waals surface area contributed by atoms with Gasteiger partial charge in [0.2, 0.25) is 0 Å². The summed E-state index contributed by atoms with van der Waals surface area (Å²) in [7, 11) is 2.87. The number of hydrogen-bond acceptors (Lipinski definition) is 5. The van der Waals surface area contributed by atoms with Crippen molar-refractivity contribution >= 4 is 23.4 Å². The Balaban J connectivity index is 2.34. The van der Waals surface area contributed by atoms with E-state index < -0.39 is 5.97 Å². The minimum Gasteiger partial charge on any atom is -0.496 e. The van der Waals surface area contributed by atoms with Crippen LogP contribution in [-0.4, -0.2) is 26.0 Å². The second-order valence-electron chi connectivity index (χ2n) is 4.66. The summed E-state index contributed by atoms with van der Waals surface area (Å²) in [5, 5.41) is 0.386. The van der Waals surface area contributed by atoms with Crippen molar-refractivity contribution in [2.45, 2.75) is 6.92 Å². The van der Waals surface area contributed by atoms with E-state index in [1.165, 1.54) is 39.3 Å². The third-order valence-electron chi connectivity index (χ3n) is 3.15. The average Bonchev–Trinajstić information content (AvgIpc) is 2.54. The molecule has 0 fully saturated rings. The van der Waals surface area contributed by atoms with E-state index in [1.807, 2.05) is 0 Å². The number of carbonyl (C=O) groups excluding carboxylic acids is 2. The predicted octanol–water partition coefficient (Wildman–Crippen LogP) is 3.78. The first-order chi connectivity index (χ1) is 11.0. The first kappa shape index (κ1) is 16.8. The van der Waals surface area contributed by atoms with Gasteiger partial charge >= 0.3 is 5.97 Å². The first-order valence-electron chi connectivity index (χ1n) is 6.71. The Morgan fingerprint density at radius 2 is 1.57 bits per heavy atom. The van der Waals surface area contributed by atoms with Gasteiger partial charge in [-0.25, -0.2) is 4.79 Å². The molecule has 0 heterocycles. The summed E-state index contributed by atoms with van der Waals surface area (Å²) in [5.41, 5.74) is 0.652. The largest absolute Gasteiger partial charge is 0.496 e. The Hall–Kier alpha value is -2.53. The molecule has 0 N–H and O–H groups in total. The molecule has 5 nitrogen and oxygen atoms in total. The van der Waals surface area contributed by atoms with Gasteiger partial charge in [-0.3, -0.25) is 4.79 Å². The van der Waals surface area contributed by atoms with Crippen molar-refractivity contribution in [1.82, 2.24) is 0 Å². The van der Waals surface area contributed by atoms with Crippen LogP contribution in [0.25, 0.3) is 0 Å². The van der Waals surface area contributed by atoms with E-state index >= 15 is 0 Å². The Morgan fingerprint density at radius 3 is 2.17 bits per heavy atom. The number of hydrogen-bond donors (Lipinski definition) is 0. The molecule has 0 aliphatic heterocycles. The van der Waals surface area contributed by atoms with Crippen LogP contribution in [0, 0.1) is 0 Å². The lowest BCUT2D eigenvalue weighted by Gasteiger charge is -2.12. The highest BCUT2D eigenvalue weighted by Crippen LogP contribution is 2.30. The smallest absolute Gasteiger partial charge is 0.347 e. The van der Waals surface area contributed by atoms with Crippen molar-refractivity contribution in [2.75, 3.05) is 14.2 Å². The zero-order chi connectivity index (χ0) is 17.0. The van der Waals surface area contributed by atoms with Gasteiger partial charge in [0.05, 0.1) is 14.2 Å². The molecule has 0 unspecified atom stereocenters. The molecular formula is C17H15ClO5. The van der Waals surface area contributed by atoms with Crippen molar-refractivity contribution in [3.05, 3.63) is 52.5 Å². The van der Waals surface area contributed by atoms with Gasteiger partial charge in [-0.05, 0) is 43.3 Å². The van der Waals surface area contributed by atoms with Gasteiger partial charge in [-0.2, -0.15) is 0 Å². The van der Waals surface area contributed by atoms with Crippen LogP contribution >= 0.6 is 11.6 Å². The number of esters is 1. The number of carbonyl (C=O) groups is 2. The second kappa shape index (κ2) is 7.15. The van der Waals surface area contributed by atoms with E-state index in [2.05, 4.69) is 0 Å². The maximum absolute atomic E-state index is 12.3. The van der Waals surface area contributed by atoms with E-state index in [9.17, 15) is 9.59 Å². The van der Waals surface area contributed by atoms with E-state index in [0.717, 1.165) is 0 Å². The van der Waals surface area contributed by atoms with Crippen molar-refractivity contribution in [1.29, 1.82) is 0 Å². The fourth-order valence-corrected chi connectivity index (χ4v) is 2.14. The highest BCUT2D eigenvalue weighted by Gasteiger charge is 2.18. The standard InChI is InChI=1S/C17H15ClO5/c1-10(19)11-4-6-15(16(8-11)22-3)23-17(20)13-9-12(18)5-7-14(13)21-2/h4-9H,1-3H3. The van der Waals surface area contributed by atoms with Crippen LogP contribution < -0.4 is 14.2 Å². The molecule has 0 radical (unpaired) electrons. The van der Waals surface area contributed by atoms with Crippen molar-refractivity contribution in [2.24, 2.45) is 0 Å². The molecule has 0 aliphatic rings. The molecule has 6 heteroatoms. The molecule has 0 amide bonds. The van der Waals surface area contributed by atoms with Crippen molar-refractivity contribution in [3.8, 4) is 17.2 Å². The lowest BCUT2D eigenvalue weighted by molar-refractivity contribution is 0.0726. The van der Waals surface area contributed by atoms with Crippen LogP contribution in [0.2, 0.25) is 5.02 Å².